The number of hydrogen-bond acceptors (Lipinski definition) is 4. The predicted octanol–water partition coefficient (Wildman–Crippen LogP) is 2.05. The van der Waals surface area contributed by atoms with Gasteiger partial charge in [-0.25, -0.2) is 8.42 Å². The number of ether oxygens (including phenoxy) is 1. The molecule has 0 saturated carbocycles. The molecule has 0 aliphatic carbocycles. The summed E-state index contributed by atoms with van der Waals surface area (Å²) in [6, 6.07) is 4.27. The molecule has 2 unspecified atom stereocenters. The number of rotatable bonds is 3. The van der Waals surface area contributed by atoms with Gasteiger partial charge in [-0.3, -0.25) is 4.79 Å². The molecule has 0 N–H and O–H groups in total. The van der Waals surface area contributed by atoms with Crippen molar-refractivity contribution in [1.82, 2.24) is 4.90 Å². The molecule has 1 aromatic rings. The number of nitrogens with zero attached hydrogens (tertiary/aromatic N) is 1. The molecule has 2 aliphatic rings. The third-order valence-electron chi connectivity index (χ3n) is 4.39. The van der Waals surface area contributed by atoms with Crippen molar-refractivity contribution in [3.8, 4) is 0 Å². The van der Waals surface area contributed by atoms with Crippen LogP contribution in [0.5, 0.6) is 0 Å². The fourth-order valence-corrected chi connectivity index (χ4v) is 5.09. The van der Waals surface area contributed by atoms with Crippen LogP contribution in [0.4, 0.5) is 0 Å². The molecule has 7 heteroatoms. The molecule has 0 aromatic heterocycles. The second-order valence-corrected chi connectivity index (χ2v) is 8.36. The standard InChI is InChI=1S/C15H18ClNO4S/c1-17(15(18)6-10-4-5-21-8-10)13-9-22(19,20)14-3-2-11(16)7-12(13)14/h2-3,7,10,13H,4-6,8-9H2,1H3. The Hall–Kier alpha value is -1.11. The van der Waals surface area contributed by atoms with Crippen LogP contribution >= 0.6 is 11.6 Å². The van der Waals surface area contributed by atoms with Gasteiger partial charge in [0, 0.05) is 31.7 Å². The quantitative estimate of drug-likeness (QED) is 0.842. The molecule has 0 spiro atoms. The maximum Gasteiger partial charge on any atom is 0.223 e. The molecule has 1 fully saturated rings. The van der Waals surface area contributed by atoms with Gasteiger partial charge in [0.2, 0.25) is 5.91 Å². The number of halogens is 1. The van der Waals surface area contributed by atoms with E-state index in [1.807, 2.05) is 0 Å². The fourth-order valence-electron chi connectivity index (χ4n) is 3.08. The van der Waals surface area contributed by atoms with Gasteiger partial charge in [-0.1, -0.05) is 11.6 Å². The zero-order chi connectivity index (χ0) is 15.9. The van der Waals surface area contributed by atoms with Crippen LogP contribution in [0.1, 0.15) is 24.4 Å². The summed E-state index contributed by atoms with van der Waals surface area (Å²) in [5, 5.41) is 0.478. The van der Waals surface area contributed by atoms with Gasteiger partial charge < -0.3 is 9.64 Å². The summed E-state index contributed by atoms with van der Waals surface area (Å²) in [6.07, 6.45) is 1.27. The summed E-state index contributed by atoms with van der Waals surface area (Å²) >= 11 is 5.99. The Kier molecular flexibility index (Phi) is 4.18. The minimum atomic E-state index is -3.35. The summed E-state index contributed by atoms with van der Waals surface area (Å²) in [7, 11) is -1.69. The van der Waals surface area contributed by atoms with Crippen molar-refractivity contribution in [2.45, 2.75) is 23.8 Å². The highest BCUT2D eigenvalue weighted by molar-refractivity contribution is 7.91. The molecule has 22 heavy (non-hydrogen) atoms. The van der Waals surface area contributed by atoms with E-state index in [0.717, 1.165) is 6.42 Å². The van der Waals surface area contributed by atoms with E-state index in [-0.39, 0.29) is 22.5 Å². The highest BCUT2D eigenvalue weighted by Gasteiger charge is 2.39. The minimum absolute atomic E-state index is 0.0523. The van der Waals surface area contributed by atoms with Crippen LogP contribution < -0.4 is 0 Å². The number of hydrogen-bond donors (Lipinski definition) is 0. The Morgan fingerprint density at radius 2 is 2.23 bits per heavy atom. The molecule has 2 aliphatic heterocycles. The minimum Gasteiger partial charge on any atom is -0.381 e. The van der Waals surface area contributed by atoms with Gasteiger partial charge in [0.15, 0.2) is 9.84 Å². The lowest BCUT2D eigenvalue weighted by Crippen LogP contribution is -2.33. The lowest BCUT2D eigenvalue weighted by atomic mass is 10.0. The first-order valence-electron chi connectivity index (χ1n) is 7.24. The summed E-state index contributed by atoms with van der Waals surface area (Å²) in [6.45, 7) is 1.29. The van der Waals surface area contributed by atoms with Crippen LogP contribution in [0.25, 0.3) is 0 Å². The van der Waals surface area contributed by atoms with Crippen molar-refractivity contribution in [3.05, 3.63) is 28.8 Å². The van der Waals surface area contributed by atoms with Crippen LogP contribution in [-0.4, -0.2) is 45.2 Å². The third-order valence-corrected chi connectivity index (χ3v) is 6.42. The van der Waals surface area contributed by atoms with Gasteiger partial charge in [0.25, 0.3) is 0 Å². The Bertz CT molecular complexity index is 697. The molecule has 0 radical (unpaired) electrons. The van der Waals surface area contributed by atoms with Gasteiger partial charge in [0.1, 0.15) is 0 Å². The van der Waals surface area contributed by atoms with Gasteiger partial charge in [-0.05, 0) is 36.1 Å². The molecule has 120 valence electrons. The number of carbonyl (C=O) groups is 1. The monoisotopic (exact) mass is 343 g/mol. The Morgan fingerprint density at radius 1 is 1.45 bits per heavy atom. The zero-order valence-electron chi connectivity index (χ0n) is 12.3. The lowest BCUT2D eigenvalue weighted by Gasteiger charge is -2.25. The Balaban J connectivity index is 1.83. The molecule has 3 rings (SSSR count). The maximum absolute atomic E-state index is 12.4. The SMILES string of the molecule is CN(C(=O)CC1CCOC1)C1CS(=O)(=O)c2ccc(Cl)cc21. The van der Waals surface area contributed by atoms with E-state index in [2.05, 4.69) is 0 Å². The number of amides is 1. The van der Waals surface area contributed by atoms with E-state index >= 15 is 0 Å². The van der Waals surface area contributed by atoms with E-state index in [9.17, 15) is 13.2 Å². The van der Waals surface area contributed by atoms with Crippen molar-refractivity contribution < 1.29 is 17.9 Å². The normalized spacial score (nSPS) is 25.9. The first-order chi connectivity index (χ1) is 10.4. The predicted molar refractivity (Wildman–Crippen MR) is 82.6 cm³/mol. The molecule has 2 heterocycles. The second-order valence-electron chi connectivity index (χ2n) is 5.92. The fraction of sp³-hybridized carbons (Fsp3) is 0.533. The number of fused-ring (bicyclic) bond motifs is 1. The average molecular weight is 344 g/mol. The van der Waals surface area contributed by atoms with Crippen LogP contribution in [-0.2, 0) is 19.4 Å². The summed E-state index contributed by atoms with van der Waals surface area (Å²) < 4.78 is 29.8. The average Bonchev–Trinajstić information content (AvgIpc) is 3.04. The molecule has 1 amide bonds. The molecule has 5 nitrogen and oxygen atoms in total. The molecule has 1 saturated heterocycles. The van der Waals surface area contributed by atoms with Crippen LogP contribution in [0, 0.1) is 5.92 Å². The number of benzene rings is 1. The van der Waals surface area contributed by atoms with E-state index in [0.29, 0.717) is 30.2 Å². The number of carbonyl (C=O) groups excluding carboxylic acids is 1. The highest BCUT2D eigenvalue weighted by atomic mass is 35.5. The van der Waals surface area contributed by atoms with Crippen LogP contribution in [0.15, 0.2) is 23.1 Å². The maximum atomic E-state index is 12.4. The van der Waals surface area contributed by atoms with E-state index in [4.69, 9.17) is 16.3 Å². The van der Waals surface area contributed by atoms with Crippen molar-refractivity contribution in [1.29, 1.82) is 0 Å². The zero-order valence-corrected chi connectivity index (χ0v) is 13.9. The van der Waals surface area contributed by atoms with Gasteiger partial charge >= 0.3 is 0 Å². The molecular weight excluding hydrogens is 326 g/mol. The van der Waals surface area contributed by atoms with Crippen molar-refractivity contribution in [2.24, 2.45) is 5.92 Å². The van der Waals surface area contributed by atoms with Crippen molar-refractivity contribution in [2.75, 3.05) is 26.0 Å². The smallest absolute Gasteiger partial charge is 0.223 e. The number of sulfone groups is 1. The molecule has 0 bridgehead atoms. The summed E-state index contributed by atoms with van der Waals surface area (Å²) in [5.41, 5.74) is 0.617. The topological polar surface area (TPSA) is 63.7 Å². The van der Waals surface area contributed by atoms with Gasteiger partial charge in [0.05, 0.1) is 16.7 Å². The van der Waals surface area contributed by atoms with Gasteiger partial charge in [-0.2, -0.15) is 0 Å². The Labute approximate surface area is 135 Å². The lowest BCUT2D eigenvalue weighted by molar-refractivity contribution is -0.132. The van der Waals surface area contributed by atoms with Crippen molar-refractivity contribution >= 4 is 27.3 Å². The summed E-state index contributed by atoms with van der Waals surface area (Å²) in [4.78, 5) is 14.3. The van der Waals surface area contributed by atoms with Crippen LogP contribution in [0.2, 0.25) is 5.02 Å². The first kappa shape index (κ1) is 15.8. The largest absolute Gasteiger partial charge is 0.381 e. The Morgan fingerprint density at radius 3 is 2.91 bits per heavy atom. The highest BCUT2D eigenvalue weighted by Crippen LogP contribution is 2.38. The molecule has 2 atom stereocenters. The van der Waals surface area contributed by atoms with E-state index in [1.54, 1.807) is 19.2 Å². The second kappa shape index (κ2) is 5.83. The van der Waals surface area contributed by atoms with E-state index < -0.39 is 15.9 Å². The summed E-state index contributed by atoms with van der Waals surface area (Å²) in [5.74, 6) is 0.0989. The molecule has 1 aromatic carbocycles. The molecular formula is C15H18ClNO4S. The first-order valence-corrected chi connectivity index (χ1v) is 9.27. The third kappa shape index (κ3) is 2.87. The van der Waals surface area contributed by atoms with E-state index in [1.165, 1.54) is 11.0 Å². The van der Waals surface area contributed by atoms with Crippen LogP contribution in [0.3, 0.4) is 0 Å². The van der Waals surface area contributed by atoms with Gasteiger partial charge in [-0.15, -0.1) is 0 Å². The van der Waals surface area contributed by atoms with Crippen molar-refractivity contribution in [3.63, 3.8) is 0 Å².